The van der Waals surface area contributed by atoms with E-state index in [-0.39, 0.29) is 18.3 Å². The largest absolute Gasteiger partial charge is 0.269 e. The maximum Gasteiger partial charge on any atom is 0.267 e. The molecule has 3 nitrogen and oxygen atoms in total. The highest BCUT2D eigenvalue weighted by atomic mass is 32.2. The lowest BCUT2D eigenvalue weighted by atomic mass is 9.98. The highest BCUT2D eigenvalue weighted by Gasteiger charge is 2.24. The zero-order valence-electron chi connectivity index (χ0n) is 7.72. The van der Waals surface area contributed by atoms with Gasteiger partial charge in [0.1, 0.15) is 0 Å². The van der Waals surface area contributed by atoms with Crippen LogP contribution < -0.4 is 0 Å². The van der Waals surface area contributed by atoms with E-state index in [1.165, 1.54) is 0 Å². The molecular weight excluding hydrogens is 200 g/mol. The first-order valence-electron chi connectivity index (χ1n) is 4.59. The number of hydrogen-bond donors (Lipinski definition) is 0. The summed E-state index contributed by atoms with van der Waals surface area (Å²) in [4.78, 5) is 0. The van der Waals surface area contributed by atoms with Crippen LogP contribution in [0.3, 0.4) is 0 Å². The Morgan fingerprint density at radius 2 is 1.93 bits per heavy atom. The van der Waals surface area contributed by atoms with Gasteiger partial charge >= 0.3 is 0 Å². The van der Waals surface area contributed by atoms with E-state index in [4.69, 9.17) is 4.18 Å². The molecule has 1 aromatic carbocycles. The predicted octanol–water partition coefficient (Wildman–Crippen LogP) is 1.52. The van der Waals surface area contributed by atoms with Gasteiger partial charge in [-0.3, -0.25) is 4.18 Å². The van der Waals surface area contributed by atoms with Gasteiger partial charge in [-0.05, 0) is 12.0 Å². The summed E-state index contributed by atoms with van der Waals surface area (Å²) in [5.74, 6) is 0.353. The van der Waals surface area contributed by atoms with E-state index in [2.05, 4.69) is 0 Å². The lowest BCUT2D eigenvalue weighted by Gasteiger charge is -2.21. The second-order valence-electron chi connectivity index (χ2n) is 3.44. The monoisotopic (exact) mass is 212 g/mol. The van der Waals surface area contributed by atoms with Crippen LogP contribution in [0.15, 0.2) is 30.3 Å². The quantitative estimate of drug-likeness (QED) is 0.663. The maximum atomic E-state index is 11.0. The molecule has 4 heteroatoms. The SMILES string of the molecule is O=S1(=O)CCC(c2ccccc2)CO1. The molecule has 0 amide bonds. The van der Waals surface area contributed by atoms with Gasteiger partial charge in [0.05, 0.1) is 12.4 Å². The third-order valence-corrected chi connectivity index (χ3v) is 3.67. The summed E-state index contributed by atoms with van der Waals surface area (Å²) in [5, 5.41) is 0. The van der Waals surface area contributed by atoms with Crippen LogP contribution in [0.25, 0.3) is 0 Å². The van der Waals surface area contributed by atoms with Crippen molar-refractivity contribution in [1.29, 1.82) is 0 Å². The minimum atomic E-state index is -3.22. The van der Waals surface area contributed by atoms with Crippen molar-refractivity contribution < 1.29 is 12.6 Å². The smallest absolute Gasteiger partial charge is 0.267 e. The zero-order chi connectivity index (χ0) is 10.0. The zero-order valence-corrected chi connectivity index (χ0v) is 8.53. The molecule has 1 aromatic rings. The van der Waals surface area contributed by atoms with Gasteiger partial charge in [0.25, 0.3) is 10.1 Å². The van der Waals surface area contributed by atoms with Crippen LogP contribution in [0.5, 0.6) is 0 Å². The van der Waals surface area contributed by atoms with Crippen LogP contribution in [0.1, 0.15) is 17.9 Å². The average molecular weight is 212 g/mol. The van der Waals surface area contributed by atoms with Crippen molar-refractivity contribution in [3.63, 3.8) is 0 Å². The Morgan fingerprint density at radius 3 is 2.50 bits per heavy atom. The Labute approximate surface area is 83.8 Å². The van der Waals surface area contributed by atoms with Crippen LogP contribution in [-0.4, -0.2) is 20.8 Å². The summed E-state index contributed by atoms with van der Waals surface area (Å²) in [6, 6.07) is 9.87. The van der Waals surface area contributed by atoms with E-state index < -0.39 is 10.1 Å². The Bertz CT molecular complexity index is 383. The fourth-order valence-electron chi connectivity index (χ4n) is 1.60. The van der Waals surface area contributed by atoms with Gasteiger partial charge in [-0.15, -0.1) is 0 Å². The topological polar surface area (TPSA) is 43.4 Å². The molecule has 1 unspecified atom stereocenters. The summed E-state index contributed by atoms with van der Waals surface area (Å²) in [7, 11) is -3.22. The van der Waals surface area contributed by atoms with Crippen LogP contribution in [0.2, 0.25) is 0 Å². The Hall–Kier alpha value is -0.870. The lowest BCUT2D eigenvalue weighted by molar-refractivity contribution is 0.267. The molecule has 0 bridgehead atoms. The second kappa shape index (κ2) is 3.71. The van der Waals surface area contributed by atoms with Crippen molar-refractivity contribution in [2.75, 3.05) is 12.4 Å². The van der Waals surface area contributed by atoms with E-state index in [0.29, 0.717) is 6.42 Å². The van der Waals surface area contributed by atoms with Crippen LogP contribution in [0.4, 0.5) is 0 Å². The molecule has 0 saturated carbocycles. The fraction of sp³-hybridized carbons (Fsp3) is 0.400. The Kier molecular flexibility index (Phi) is 2.56. The first-order valence-corrected chi connectivity index (χ1v) is 6.17. The van der Waals surface area contributed by atoms with Gasteiger partial charge in [0, 0.05) is 5.92 Å². The summed E-state index contributed by atoms with van der Waals surface area (Å²) in [6.45, 7) is 0.284. The fourth-order valence-corrected chi connectivity index (χ4v) is 2.67. The van der Waals surface area contributed by atoms with Crippen molar-refractivity contribution in [2.45, 2.75) is 12.3 Å². The third-order valence-electron chi connectivity index (χ3n) is 2.44. The first kappa shape index (κ1) is 9.68. The molecule has 76 valence electrons. The van der Waals surface area contributed by atoms with Crippen molar-refractivity contribution in [2.24, 2.45) is 0 Å². The molecule has 1 atom stereocenters. The maximum absolute atomic E-state index is 11.0. The number of benzene rings is 1. The molecule has 0 aromatic heterocycles. The second-order valence-corrected chi connectivity index (χ2v) is 5.20. The third kappa shape index (κ3) is 2.13. The van der Waals surface area contributed by atoms with Crippen molar-refractivity contribution >= 4 is 10.1 Å². The van der Waals surface area contributed by atoms with Gasteiger partial charge in [-0.25, -0.2) is 0 Å². The molecular formula is C10H12O3S. The standard InChI is InChI=1S/C10H12O3S/c11-14(12)7-6-10(8-13-14)9-4-2-1-3-5-9/h1-5,10H,6-8H2. The number of hydrogen-bond acceptors (Lipinski definition) is 3. The molecule has 0 spiro atoms. The molecule has 1 aliphatic heterocycles. The van der Waals surface area contributed by atoms with E-state index in [1.807, 2.05) is 30.3 Å². The highest BCUT2D eigenvalue weighted by Crippen LogP contribution is 2.25. The van der Waals surface area contributed by atoms with Crippen molar-refractivity contribution in [3.05, 3.63) is 35.9 Å². The molecule has 0 N–H and O–H groups in total. The van der Waals surface area contributed by atoms with E-state index >= 15 is 0 Å². The van der Waals surface area contributed by atoms with Crippen LogP contribution >= 0.6 is 0 Å². The van der Waals surface area contributed by atoms with Crippen LogP contribution in [0, 0.1) is 0 Å². The molecule has 2 rings (SSSR count). The van der Waals surface area contributed by atoms with Gasteiger partial charge < -0.3 is 0 Å². The van der Waals surface area contributed by atoms with Gasteiger partial charge in [-0.1, -0.05) is 30.3 Å². The highest BCUT2D eigenvalue weighted by molar-refractivity contribution is 7.86. The Balaban J connectivity index is 2.10. The minimum absolute atomic E-state index is 0.132. The molecule has 1 saturated heterocycles. The van der Waals surface area contributed by atoms with E-state index in [1.54, 1.807) is 0 Å². The van der Waals surface area contributed by atoms with Gasteiger partial charge in [-0.2, -0.15) is 8.42 Å². The first-order chi connectivity index (χ1) is 6.67. The average Bonchev–Trinajstić information content (AvgIpc) is 2.19. The van der Waals surface area contributed by atoms with Crippen molar-refractivity contribution in [1.82, 2.24) is 0 Å². The van der Waals surface area contributed by atoms with E-state index in [0.717, 1.165) is 5.56 Å². The molecule has 14 heavy (non-hydrogen) atoms. The molecule has 0 radical (unpaired) electrons. The van der Waals surface area contributed by atoms with Crippen LogP contribution in [-0.2, 0) is 14.3 Å². The van der Waals surface area contributed by atoms with Gasteiger partial charge in [0.15, 0.2) is 0 Å². The molecule has 1 fully saturated rings. The summed E-state index contributed by atoms with van der Waals surface area (Å²) < 4.78 is 26.8. The molecule has 0 aliphatic carbocycles. The number of rotatable bonds is 1. The van der Waals surface area contributed by atoms with E-state index in [9.17, 15) is 8.42 Å². The molecule has 1 aliphatic rings. The summed E-state index contributed by atoms with van der Waals surface area (Å²) in [6.07, 6.45) is 0.659. The lowest BCUT2D eigenvalue weighted by Crippen LogP contribution is -2.24. The van der Waals surface area contributed by atoms with Gasteiger partial charge in [0.2, 0.25) is 0 Å². The molecule has 1 heterocycles. The summed E-state index contributed by atoms with van der Waals surface area (Å²) in [5.41, 5.74) is 1.16. The predicted molar refractivity (Wildman–Crippen MR) is 53.5 cm³/mol. The minimum Gasteiger partial charge on any atom is -0.269 e. The normalized spacial score (nSPS) is 25.9. The van der Waals surface area contributed by atoms with Crippen molar-refractivity contribution in [3.8, 4) is 0 Å². The summed E-state index contributed by atoms with van der Waals surface area (Å²) >= 11 is 0. The Morgan fingerprint density at radius 1 is 1.21 bits per heavy atom.